The molecule has 0 aliphatic carbocycles. The number of hydrogen-bond donors (Lipinski definition) is 1. The molecule has 1 aromatic rings. The molecule has 86 valence electrons. The first kappa shape index (κ1) is 7.54. The summed E-state index contributed by atoms with van der Waals surface area (Å²) in [7, 11) is 0. The van der Waals surface area contributed by atoms with E-state index in [9.17, 15) is 4.79 Å². The van der Waals surface area contributed by atoms with E-state index >= 15 is 0 Å². The van der Waals surface area contributed by atoms with Crippen molar-refractivity contribution in [3.8, 4) is 11.5 Å². The molecular weight excluding hydrogens is 206 g/mol. The van der Waals surface area contributed by atoms with Crippen LogP contribution in [0.15, 0.2) is 18.2 Å². The van der Waals surface area contributed by atoms with E-state index in [-0.39, 0.29) is 12.8 Å². The Morgan fingerprint density at radius 1 is 1.56 bits per heavy atom. The molecule has 1 atom stereocenters. The number of hydrogen-bond acceptors (Lipinski definition) is 3. The lowest BCUT2D eigenvalue weighted by molar-refractivity contribution is -0.119. The van der Waals surface area contributed by atoms with E-state index in [0.717, 1.165) is 5.56 Å². The fourth-order valence-electron chi connectivity index (χ4n) is 1.70. The fraction of sp³-hybridized carbons (Fsp3) is 0.417. The summed E-state index contributed by atoms with van der Waals surface area (Å²) in [6, 6.07) is 5.23. The minimum atomic E-state index is -2.61. The maximum Gasteiger partial charge on any atom is 0.231 e. The lowest BCUT2D eigenvalue weighted by atomic mass is 10.1. The molecule has 0 unspecified atom stereocenters. The highest BCUT2D eigenvalue weighted by Gasteiger charge is 2.14. The number of carbonyl (C=O) groups is 1. The van der Waals surface area contributed by atoms with Gasteiger partial charge < -0.3 is 14.8 Å². The second kappa shape index (κ2) is 4.43. The third kappa shape index (κ3) is 2.45. The summed E-state index contributed by atoms with van der Waals surface area (Å²) in [6.45, 7) is -0.637. The van der Waals surface area contributed by atoms with Crippen molar-refractivity contribution in [3.63, 3.8) is 0 Å². The molecule has 0 aromatic heterocycles. The summed E-state index contributed by atoms with van der Waals surface area (Å²) < 4.78 is 31.4. The van der Waals surface area contributed by atoms with Crippen LogP contribution in [0.3, 0.4) is 0 Å². The number of rotatable bonds is 3. The monoisotopic (exact) mass is 224 g/mol. The van der Waals surface area contributed by atoms with Crippen LogP contribution in [-0.4, -0.2) is 18.7 Å². The highest BCUT2D eigenvalue weighted by atomic mass is 16.7. The van der Waals surface area contributed by atoms with Gasteiger partial charge in [-0.05, 0) is 31.0 Å². The Kier molecular flexibility index (Phi) is 2.09. The van der Waals surface area contributed by atoms with Crippen molar-refractivity contribution in [2.75, 3.05) is 6.79 Å². The van der Waals surface area contributed by atoms with Crippen molar-refractivity contribution in [1.29, 1.82) is 0 Å². The van der Waals surface area contributed by atoms with Gasteiger partial charge in [0.05, 0.1) is 0 Å². The smallest absolute Gasteiger partial charge is 0.231 e. The zero-order valence-corrected chi connectivity index (χ0v) is 8.95. The molecule has 1 aliphatic rings. The van der Waals surface area contributed by atoms with Gasteiger partial charge >= 0.3 is 0 Å². The van der Waals surface area contributed by atoms with Gasteiger partial charge in [0.2, 0.25) is 12.7 Å². The fourth-order valence-corrected chi connectivity index (χ4v) is 1.70. The summed E-state index contributed by atoms with van der Waals surface area (Å²) in [6.07, 6.45) is 0.526. The third-order valence-electron chi connectivity index (χ3n) is 2.36. The number of fused-ring (bicyclic) bond motifs is 1. The van der Waals surface area contributed by atoms with E-state index in [4.69, 9.17) is 13.6 Å². The van der Waals surface area contributed by atoms with E-state index in [1.54, 1.807) is 13.0 Å². The predicted molar refractivity (Wildman–Crippen MR) is 59.5 cm³/mol. The third-order valence-corrected chi connectivity index (χ3v) is 2.36. The van der Waals surface area contributed by atoms with Crippen LogP contribution in [0.1, 0.15) is 23.5 Å². The molecule has 0 spiro atoms. The Labute approximate surface area is 98.8 Å². The van der Waals surface area contributed by atoms with Crippen molar-refractivity contribution in [1.82, 2.24) is 5.32 Å². The second-order valence-corrected chi connectivity index (χ2v) is 3.77. The lowest BCUT2D eigenvalue weighted by Gasteiger charge is -2.12. The van der Waals surface area contributed by atoms with Gasteiger partial charge in [-0.15, -0.1) is 0 Å². The van der Waals surface area contributed by atoms with Crippen LogP contribution >= 0.6 is 0 Å². The van der Waals surface area contributed by atoms with Gasteiger partial charge in [-0.3, -0.25) is 4.79 Å². The first-order valence-corrected chi connectivity index (χ1v) is 5.06. The van der Waals surface area contributed by atoms with Crippen LogP contribution < -0.4 is 14.8 Å². The van der Waals surface area contributed by atoms with E-state index in [0.29, 0.717) is 17.9 Å². The number of ether oxygens (including phenoxy) is 2. The standard InChI is InChI=1S/C12H15NO3/c1-8(13-9(2)14)5-10-3-4-11-12(6-10)16-7-15-11/h3-4,6,8H,5,7H2,1-2H3,(H,13,14)/t8-/m0/s1/i2D3. The maximum atomic E-state index is 11.3. The molecule has 0 saturated heterocycles. The van der Waals surface area contributed by atoms with Gasteiger partial charge in [0.15, 0.2) is 11.5 Å². The SMILES string of the molecule is [2H]C([2H])([2H])C(=O)N[C@@H](C)Cc1ccc2c(c1)OCO2. The molecule has 16 heavy (non-hydrogen) atoms. The molecule has 1 amide bonds. The van der Waals surface area contributed by atoms with Crippen molar-refractivity contribution in [3.05, 3.63) is 23.8 Å². The zero-order chi connectivity index (χ0) is 14.0. The van der Waals surface area contributed by atoms with Crippen LogP contribution in [0.2, 0.25) is 0 Å². The Morgan fingerprint density at radius 2 is 2.38 bits per heavy atom. The number of benzene rings is 1. The van der Waals surface area contributed by atoms with Gasteiger partial charge in [0.25, 0.3) is 0 Å². The zero-order valence-electron chi connectivity index (χ0n) is 11.9. The molecule has 1 N–H and O–H groups in total. The molecule has 0 saturated carbocycles. The molecule has 4 nitrogen and oxygen atoms in total. The van der Waals surface area contributed by atoms with Gasteiger partial charge in [-0.1, -0.05) is 6.07 Å². The minimum absolute atomic E-state index is 0.212. The van der Waals surface area contributed by atoms with Crippen LogP contribution in [0, 0.1) is 0 Å². The summed E-state index contributed by atoms with van der Waals surface area (Å²) in [5.74, 6) is 0.440. The quantitative estimate of drug-likeness (QED) is 0.846. The van der Waals surface area contributed by atoms with Gasteiger partial charge in [0, 0.05) is 17.0 Å². The van der Waals surface area contributed by atoms with Crippen LogP contribution in [0.25, 0.3) is 0 Å². The minimum Gasteiger partial charge on any atom is -0.454 e. The summed E-state index contributed by atoms with van der Waals surface area (Å²) >= 11 is 0. The van der Waals surface area contributed by atoms with E-state index in [1.165, 1.54) is 0 Å². The Balaban J connectivity index is 1.96. The van der Waals surface area contributed by atoms with Crippen molar-refractivity contribution in [2.24, 2.45) is 0 Å². The van der Waals surface area contributed by atoms with Crippen molar-refractivity contribution in [2.45, 2.75) is 26.2 Å². The molecule has 0 fully saturated rings. The Morgan fingerprint density at radius 3 is 3.19 bits per heavy atom. The maximum absolute atomic E-state index is 11.3. The Hall–Kier alpha value is -1.71. The second-order valence-electron chi connectivity index (χ2n) is 3.77. The molecule has 0 radical (unpaired) electrons. The largest absolute Gasteiger partial charge is 0.454 e. The van der Waals surface area contributed by atoms with Crippen LogP contribution in [-0.2, 0) is 11.2 Å². The Bertz CT molecular complexity index is 488. The van der Waals surface area contributed by atoms with Crippen LogP contribution in [0.4, 0.5) is 0 Å². The van der Waals surface area contributed by atoms with Gasteiger partial charge in [0.1, 0.15) is 0 Å². The van der Waals surface area contributed by atoms with Gasteiger partial charge in [-0.2, -0.15) is 0 Å². The molecule has 1 aromatic carbocycles. The first-order chi connectivity index (χ1) is 8.86. The predicted octanol–water partition coefficient (Wildman–Crippen LogP) is 1.48. The van der Waals surface area contributed by atoms with Gasteiger partial charge in [-0.25, -0.2) is 0 Å². The molecule has 1 aliphatic heterocycles. The summed E-state index contributed by atoms with van der Waals surface area (Å²) in [5, 5.41) is 2.46. The number of nitrogens with one attached hydrogen (secondary N) is 1. The topological polar surface area (TPSA) is 47.6 Å². The van der Waals surface area contributed by atoms with E-state index < -0.39 is 12.8 Å². The average molecular weight is 224 g/mol. The van der Waals surface area contributed by atoms with E-state index in [1.807, 2.05) is 12.1 Å². The first-order valence-electron chi connectivity index (χ1n) is 6.56. The summed E-state index contributed by atoms with van der Waals surface area (Å²) in [5.41, 5.74) is 0.947. The molecule has 2 rings (SSSR count). The van der Waals surface area contributed by atoms with Crippen molar-refractivity contribution < 1.29 is 18.4 Å². The highest BCUT2D eigenvalue weighted by Crippen LogP contribution is 2.32. The molecular formula is C12H15NO3. The number of carbonyl (C=O) groups excluding carboxylic acids is 1. The number of amides is 1. The van der Waals surface area contributed by atoms with E-state index in [2.05, 4.69) is 5.32 Å². The average Bonchev–Trinajstić information content (AvgIpc) is 2.74. The van der Waals surface area contributed by atoms with Crippen molar-refractivity contribution >= 4 is 5.91 Å². The van der Waals surface area contributed by atoms with Crippen LogP contribution in [0.5, 0.6) is 11.5 Å². The molecule has 1 heterocycles. The molecule has 4 heteroatoms. The molecule has 0 bridgehead atoms. The normalized spacial score (nSPS) is 18.2. The summed E-state index contributed by atoms with van der Waals surface area (Å²) in [4.78, 5) is 11.3. The lowest BCUT2D eigenvalue weighted by Crippen LogP contribution is -2.31. The highest BCUT2D eigenvalue weighted by molar-refractivity contribution is 5.73.